The molecule has 29 heavy (non-hydrogen) atoms. The molecule has 0 aliphatic carbocycles. The normalized spacial score (nSPS) is 17.6. The van der Waals surface area contributed by atoms with Crippen LogP contribution >= 0.6 is 0 Å². The quantitative estimate of drug-likeness (QED) is 0.696. The van der Waals surface area contributed by atoms with Crippen molar-refractivity contribution in [2.75, 3.05) is 31.5 Å². The fraction of sp³-hybridized carbons (Fsp3) is 0.364. The van der Waals surface area contributed by atoms with Crippen LogP contribution in [0.4, 0.5) is 10.1 Å². The number of H-pyrrole nitrogens is 1. The number of rotatable bonds is 4. The molecule has 0 atom stereocenters. The van der Waals surface area contributed by atoms with Gasteiger partial charge in [-0.05, 0) is 55.7 Å². The van der Waals surface area contributed by atoms with Crippen molar-refractivity contribution < 1.29 is 14.0 Å². The lowest BCUT2D eigenvalue weighted by molar-refractivity contribution is -0.131. The number of benzene rings is 1. The number of amides is 2. The first-order valence-electron chi connectivity index (χ1n) is 9.93. The third-order valence-electron chi connectivity index (χ3n) is 5.74. The van der Waals surface area contributed by atoms with Crippen molar-refractivity contribution in [3.8, 4) is 0 Å². The summed E-state index contributed by atoms with van der Waals surface area (Å²) in [5.41, 5.74) is 5.53. The van der Waals surface area contributed by atoms with E-state index in [1.54, 1.807) is 12.1 Å². The lowest BCUT2D eigenvalue weighted by atomic mass is 10.0. The van der Waals surface area contributed by atoms with E-state index in [4.69, 9.17) is 0 Å². The molecule has 2 aliphatic heterocycles. The maximum Gasteiger partial charge on any atom is 0.256 e. The SMILES string of the molecule is Cc1[nH]c(/C=C2\C(=O)Nc3ccc(F)cc32)c(C)c1CCC(=O)N1CCNCC1. The van der Waals surface area contributed by atoms with Crippen LogP contribution in [0, 0.1) is 19.7 Å². The van der Waals surface area contributed by atoms with Gasteiger partial charge in [0.05, 0.1) is 5.57 Å². The van der Waals surface area contributed by atoms with Crippen molar-refractivity contribution in [1.29, 1.82) is 0 Å². The van der Waals surface area contributed by atoms with E-state index in [-0.39, 0.29) is 17.6 Å². The molecule has 1 saturated heterocycles. The van der Waals surface area contributed by atoms with Crippen LogP contribution in [0.2, 0.25) is 0 Å². The second-order valence-corrected chi connectivity index (χ2v) is 7.60. The molecule has 3 heterocycles. The smallest absolute Gasteiger partial charge is 0.256 e. The summed E-state index contributed by atoms with van der Waals surface area (Å²) < 4.78 is 13.7. The second kappa shape index (κ2) is 7.83. The number of carbonyl (C=O) groups is 2. The fourth-order valence-electron chi connectivity index (χ4n) is 4.09. The van der Waals surface area contributed by atoms with E-state index in [1.807, 2.05) is 18.7 Å². The number of anilines is 1. The summed E-state index contributed by atoms with van der Waals surface area (Å²) in [7, 11) is 0. The van der Waals surface area contributed by atoms with Crippen molar-refractivity contribution in [3.05, 3.63) is 52.1 Å². The zero-order chi connectivity index (χ0) is 20.5. The van der Waals surface area contributed by atoms with Gasteiger partial charge in [-0.15, -0.1) is 0 Å². The molecule has 0 radical (unpaired) electrons. The minimum absolute atomic E-state index is 0.172. The Kier molecular flexibility index (Phi) is 5.24. The Morgan fingerprint density at radius 2 is 2.00 bits per heavy atom. The lowest BCUT2D eigenvalue weighted by Crippen LogP contribution is -2.46. The molecule has 0 unspecified atom stereocenters. The second-order valence-electron chi connectivity index (χ2n) is 7.60. The molecule has 7 heteroatoms. The van der Waals surface area contributed by atoms with E-state index >= 15 is 0 Å². The van der Waals surface area contributed by atoms with Gasteiger partial charge in [0.25, 0.3) is 5.91 Å². The van der Waals surface area contributed by atoms with Crippen LogP contribution in [0.1, 0.15) is 34.5 Å². The highest BCUT2D eigenvalue weighted by Crippen LogP contribution is 2.34. The molecule has 3 N–H and O–H groups in total. The highest BCUT2D eigenvalue weighted by Gasteiger charge is 2.25. The molecule has 2 amide bonds. The number of piperazine rings is 1. The van der Waals surface area contributed by atoms with Gasteiger partial charge < -0.3 is 20.5 Å². The lowest BCUT2D eigenvalue weighted by Gasteiger charge is -2.27. The van der Waals surface area contributed by atoms with Gasteiger partial charge in [-0.2, -0.15) is 0 Å². The predicted octanol–water partition coefficient (Wildman–Crippen LogP) is 2.63. The summed E-state index contributed by atoms with van der Waals surface area (Å²) >= 11 is 0. The Balaban J connectivity index is 1.55. The summed E-state index contributed by atoms with van der Waals surface area (Å²) in [6.07, 6.45) is 2.88. The van der Waals surface area contributed by atoms with Crippen molar-refractivity contribution >= 4 is 29.2 Å². The average Bonchev–Trinajstić information content (AvgIpc) is 3.16. The number of aromatic nitrogens is 1. The summed E-state index contributed by atoms with van der Waals surface area (Å²) in [6.45, 7) is 7.16. The maximum absolute atomic E-state index is 13.7. The zero-order valence-electron chi connectivity index (χ0n) is 16.7. The van der Waals surface area contributed by atoms with Crippen LogP contribution in [0.15, 0.2) is 18.2 Å². The number of aryl methyl sites for hydroxylation is 1. The van der Waals surface area contributed by atoms with Crippen molar-refractivity contribution in [1.82, 2.24) is 15.2 Å². The summed E-state index contributed by atoms with van der Waals surface area (Å²) in [5, 5.41) is 6.02. The van der Waals surface area contributed by atoms with E-state index in [0.29, 0.717) is 29.7 Å². The van der Waals surface area contributed by atoms with Gasteiger partial charge in [0, 0.05) is 55.2 Å². The van der Waals surface area contributed by atoms with Gasteiger partial charge in [-0.3, -0.25) is 9.59 Å². The molecule has 6 nitrogen and oxygen atoms in total. The Morgan fingerprint density at radius 1 is 1.24 bits per heavy atom. The van der Waals surface area contributed by atoms with E-state index in [9.17, 15) is 14.0 Å². The molecular weight excluding hydrogens is 371 g/mol. The third-order valence-corrected chi connectivity index (χ3v) is 5.74. The standard InChI is InChI=1S/C22H25FN4O2/c1-13-16(4-6-21(28)27-9-7-24-8-10-27)14(2)25-20(13)12-18-17-11-15(23)3-5-19(17)26-22(18)29/h3,5,11-12,24-25H,4,6-10H2,1-2H3,(H,26,29)/b18-12-. The Hall–Kier alpha value is -2.93. The molecule has 2 aromatic rings. The Morgan fingerprint density at radius 3 is 2.76 bits per heavy atom. The highest BCUT2D eigenvalue weighted by molar-refractivity contribution is 6.34. The van der Waals surface area contributed by atoms with Crippen molar-refractivity contribution in [2.45, 2.75) is 26.7 Å². The van der Waals surface area contributed by atoms with Crippen molar-refractivity contribution in [2.24, 2.45) is 0 Å². The topological polar surface area (TPSA) is 77.2 Å². The first-order valence-corrected chi connectivity index (χ1v) is 9.93. The number of fused-ring (bicyclic) bond motifs is 1. The van der Waals surface area contributed by atoms with Gasteiger partial charge in [0.15, 0.2) is 0 Å². The van der Waals surface area contributed by atoms with E-state index in [1.165, 1.54) is 12.1 Å². The molecule has 0 bridgehead atoms. The number of carbonyl (C=O) groups excluding carboxylic acids is 2. The molecule has 2 aliphatic rings. The van der Waals surface area contributed by atoms with Crippen LogP contribution in [-0.4, -0.2) is 47.9 Å². The van der Waals surface area contributed by atoms with Crippen LogP contribution in [0.5, 0.6) is 0 Å². The molecule has 152 valence electrons. The average molecular weight is 396 g/mol. The van der Waals surface area contributed by atoms with Gasteiger partial charge >= 0.3 is 0 Å². The fourth-order valence-corrected chi connectivity index (χ4v) is 4.09. The van der Waals surface area contributed by atoms with Crippen LogP contribution < -0.4 is 10.6 Å². The summed E-state index contributed by atoms with van der Waals surface area (Å²) in [5.74, 6) is -0.448. The number of nitrogens with one attached hydrogen (secondary N) is 3. The molecule has 1 fully saturated rings. The number of hydrogen-bond donors (Lipinski definition) is 3. The van der Waals surface area contributed by atoms with Crippen LogP contribution in [-0.2, 0) is 16.0 Å². The number of hydrogen-bond acceptors (Lipinski definition) is 3. The largest absolute Gasteiger partial charge is 0.359 e. The summed E-state index contributed by atoms with van der Waals surface area (Å²) in [6, 6.07) is 4.28. The molecular formula is C22H25FN4O2. The van der Waals surface area contributed by atoms with Gasteiger partial charge in [0.1, 0.15) is 5.82 Å². The summed E-state index contributed by atoms with van der Waals surface area (Å²) in [4.78, 5) is 30.1. The Labute approximate surface area is 169 Å². The molecule has 1 aromatic heterocycles. The predicted molar refractivity (Wildman–Crippen MR) is 111 cm³/mol. The first kappa shape index (κ1) is 19.4. The number of nitrogens with zero attached hydrogens (tertiary/aromatic N) is 1. The van der Waals surface area contributed by atoms with E-state index in [0.717, 1.165) is 48.7 Å². The zero-order valence-corrected chi connectivity index (χ0v) is 16.7. The van der Waals surface area contributed by atoms with E-state index in [2.05, 4.69) is 15.6 Å². The number of halogens is 1. The third kappa shape index (κ3) is 3.82. The highest BCUT2D eigenvalue weighted by atomic mass is 19.1. The van der Waals surface area contributed by atoms with E-state index < -0.39 is 0 Å². The molecule has 0 spiro atoms. The van der Waals surface area contributed by atoms with Gasteiger partial charge in [-0.25, -0.2) is 4.39 Å². The van der Waals surface area contributed by atoms with Crippen LogP contribution in [0.3, 0.4) is 0 Å². The molecule has 0 saturated carbocycles. The van der Waals surface area contributed by atoms with Gasteiger partial charge in [-0.1, -0.05) is 0 Å². The maximum atomic E-state index is 13.7. The number of aromatic amines is 1. The minimum Gasteiger partial charge on any atom is -0.359 e. The monoisotopic (exact) mass is 396 g/mol. The minimum atomic E-state index is -0.377. The Bertz CT molecular complexity index is 1000. The molecule has 1 aromatic carbocycles. The van der Waals surface area contributed by atoms with Gasteiger partial charge in [0.2, 0.25) is 5.91 Å². The molecule has 4 rings (SSSR count). The van der Waals surface area contributed by atoms with Crippen molar-refractivity contribution in [3.63, 3.8) is 0 Å². The first-order chi connectivity index (χ1) is 13.9. The van der Waals surface area contributed by atoms with Crippen LogP contribution in [0.25, 0.3) is 11.6 Å².